The minimum atomic E-state index is 0.156. The molecule has 5 rings (SSSR count). The minimum absolute atomic E-state index is 0.156. The molecule has 2 heterocycles. The monoisotopic (exact) mass is 527 g/mol. The Balaban J connectivity index is 1.18. The lowest BCUT2D eigenvalue weighted by Gasteiger charge is -2.60. The summed E-state index contributed by atoms with van der Waals surface area (Å²) in [5, 5.41) is 3.39. The van der Waals surface area contributed by atoms with Gasteiger partial charge in [-0.1, -0.05) is 31.1 Å². The summed E-state index contributed by atoms with van der Waals surface area (Å²) in [4.78, 5) is 18.3. The van der Waals surface area contributed by atoms with Crippen molar-refractivity contribution in [2.75, 3.05) is 40.5 Å². The number of rotatable bonds is 5. The quantitative estimate of drug-likeness (QED) is 0.483. The molecular weight excluding hydrogens is 474 g/mol. The fraction of sp³-hybridized carbons (Fsp3) is 0.906. The van der Waals surface area contributed by atoms with Crippen LogP contribution in [-0.4, -0.2) is 80.5 Å². The third-order valence-electron chi connectivity index (χ3n) is 10.6. The van der Waals surface area contributed by atoms with Crippen LogP contribution in [-0.2, 0) is 9.47 Å². The highest BCUT2D eigenvalue weighted by molar-refractivity contribution is 5.74. The summed E-state index contributed by atoms with van der Waals surface area (Å²) in [6.07, 6.45) is 18.6. The maximum absolute atomic E-state index is 13.4. The Kier molecular flexibility index (Phi) is 10.3. The van der Waals surface area contributed by atoms with E-state index in [1.165, 1.54) is 57.8 Å². The topological polar surface area (TPSA) is 54.0 Å². The van der Waals surface area contributed by atoms with Crippen LogP contribution in [0.4, 0.5) is 4.79 Å². The number of fused-ring (bicyclic) bond motifs is 1. The fourth-order valence-corrected chi connectivity index (χ4v) is 8.35. The summed E-state index contributed by atoms with van der Waals surface area (Å²) >= 11 is 0. The third-order valence-corrected chi connectivity index (χ3v) is 10.6. The minimum Gasteiger partial charge on any atom is -0.383 e. The Morgan fingerprint density at radius 2 is 1.50 bits per heavy atom. The smallest absolute Gasteiger partial charge is 0.317 e. The van der Waals surface area contributed by atoms with E-state index in [0.29, 0.717) is 42.0 Å². The molecule has 214 valence electrons. The molecule has 0 radical (unpaired) electrons. The number of nitrogens with one attached hydrogen (secondary N) is 1. The van der Waals surface area contributed by atoms with Crippen molar-refractivity contribution in [3.63, 3.8) is 0 Å². The van der Waals surface area contributed by atoms with Crippen LogP contribution in [0.2, 0.25) is 0 Å². The molecule has 0 bridgehead atoms. The Morgan fingerprint density at radius 3 is 2.18 bits per heavy atom. The average molecular weight is 528 g/mol. The van der Waals surface area contributed by atoms with Crippen LogP contribution in [0.3, 0.4) is 0 Å². The van der Waals surface area contributed by atoms with Crippen molar-refractivity contribution in [1.82, 2.24) is 15.1 Å². The van der Waals surface area contributed by atoms with Gasteiger partial charge in [0, 0.05) is 57.3 Å². The molecule has 6 heteroatoms. The molecule has 1 N–H and O–H groups in total. The molecule has 3 atom stereocenters. The van der Waals surface area contributed by atoms with Crippen molar-refractivity contribution < 1.29 is 14.3 Å². The first-order valence-corrected chi connectivity index (χ1v) is 16.0. The summed E-state index contributed by atoms with van der Waals surface area (Å²) < 4.78 is 11.3. The summed E-state index contributed by atoms with van der Waals surface area (Å²) in [5.74, 6) is 10.0. The van der Waals surface area contributed by atoms with Crippen molar-refractivity contribution >= 4 is 6.03 Å². The summed E-state index contributed by atoms with van der Waals surface area (Å²) in [6.45, 7) is 3.71. The van der Waals surface area contributed by atoms with Gasteiger partial charge in [0.25, 0.3) is 0 Å². The molecule has 0 spiro atoms. The number of carbonyl (C=O) groups excluding carboxylic acids is 1. The van der Waals surface area contributed by atoms with Crippen LogP contribution in [0, 0.1) is 35.5 Å². The second-order valence-corrected chi connectivity index (χ2v) is 13.0. The predicted octanol–water partition coefficient (Wildman–Crippen LogP) is 5.45. The van der Waals surface area contributed by atoms with E-state index in [4.69, 9.17) is 9.47 Å². The Bertz CT molecular complexity index is 803. The van der Waals surface area contributed by atoms with Gasteiger partial charge in [-0.3, -0.25) is 4.90 Å². The van der Waals surface area contributed by atoms with Crippen molar-refractivity contribution in [2.45, 2.75) is 121 Å². The van der Waals surface area contributed by atoms with Gasteiger partial charge in [-0.25, -0.2) is 4.79 Å². The molecule has 5 fully saturated rings. The molecule has 0 aromatic rings. The predicted molar refractivity (Wildman–Crippen MR) is 152 cm³/mol. The number of urea groups is 1. The molecule has 2 aliphatic heterocycles. The number of carbonyl (C=O) groups is 1. The lowest BCUT2D eigenvalue weighted by atomic mass is 9.65. The largest absolute Gasteiger partial charge is 0.383 e. The number of methoxy groups -OCH3 is 2. The van der Waals surface area contributed by atoms with E-state index in [2.05, 4.69) is 27.0 Å². The molecule has 2 saturated heterocycles. The fourth-order valence-electron chi connectivity index (χ4n) is 8.35. The van der Waals surface area contributed by atoms with Crippen LogP contribution in [0.25, 0.3) is 0 Å². The first-order valence-electron chi connectivity index (χ1n) is 16.0. The normalized spacial score (nSPS) is 37.1. The zero-order valence-electron chi connectivity index (χ0n) is 24.2. The molecule has 0 unspecified atom stereocenters. The van der Waals surface area contributed by atoms with Crippen LogP contribution >= 0.6 is 0 Å². The van der Waals surface area contributed by atoms with Gasteiger partial charge in [0.15, 0.2) is 0 Å². The molecule has 6 nitrogen and oxygen atoms in total. The van der Waals surface area contributed by atoms with Crippen LogP contribution in [0.5, 0.6) is 0 Å². The van der Waals surface area contributed by atoms with Crippen molar-refractivity contribution in [1.29, 1.82) is 0 Å². The number of hydrogen-bond donors (Lipinski definition) is 1. The van der Waals surface area contributed by atoms with Gasteiger partial charge in [0.05, 0.1) is 12.7 Å². The molecule has 0 aromatic carbocycles. The van der Waals surface area contributed by atoms with Crippen molar-refractivity contribution in [2.24, 2.45) is 23.7 Å². The second kappa shape index (κ2) is 13.9. The van der Waals surface area contributed by atoms with E-state index < -0.39 is 0 Å². The molecular formula is C32H53N3O3. The first-order chi connectivity index (χ1) is 18.7. The van der Waals surface area contributed by atoms with E-state index >= 15 is 0 Å². The van der Waals surface area contributed by atoms with Gasteiger partial charge < -0.3 is 19.7 Å². The van der Waals surface area contributed by atoms with Crippen LogP contribution in [0.15, 0.2) is 0 Å². The average Bonchev–Trinajstić information content (AvgIpc) is 2.94. The maximum atomic E-state index is 13.4. The summed E-state index contributed by atoms with van der Waals surface area (Å²) in [7, 11) is 3.66. The van der Waals surface area contributed by atoms with E-state index in [0.717, 1.165) is 70.7 Å². The van der Waals surface area contributed by atoms with Crippen molar-refractivity contribution in [3.05, 3.63) is 0 Å². The number of nitrogens with zero attached hydrogens (tertiary/aromatic N) is 2. The number of amides is 2. The van der Waals surface area contributed by atoms with E-state index in [-0.39, 0.29) is 6.03 Å². The molecule has 3 aliphatic carbocycles. The van der Waals surface area contributed by atoms with Crippen LogP contribution < -0.4 is 5.32 Å². The zero-order valence-corrected chi connectivity index (χ0v) is 24.2. The lowest BCUT2D eigenvalue weighted by Crippen LogP contribution is -2.71. The second-order valence-electron chi connectivity index (χ2n) is 13.0. The van der Waals surface area contributed by atoms with Gasteiger partial charge >= 0.3 is 6.03 Å². The van der Waals surface area contributed by atoms with Gasteiger partial charge in [-0.2, -0.15) is 0 Å². The molecule has 0 aromatic heterocycles. The Labute approximate surface area is 231 Å². The first kappa shape index (κ1) is 28.2. The molecule has 38 heavy (non-hydrogen) atoms. The highest BCUT2D eigenvalue weighted by atomic mass is 16.5. The van der Waals surface area contributed by atoms with Crippen molar-refractivity contribution in [3.8, 4) is 11.8 Å². The zero-order chi connectivity index (χ0) is 26.3. The highest BCUT2D eigenvalue weighted by Gasteiger charge is 2.52. The standard InChI is InChI=1S/C32H53N3O3/c1-37-23-30-31(26-14-12-25(13-15-26)11-10-24-8-4-3-5-9-24)29-22-34(20-6-7-21-35(29)30)32(36)33-27-16-18-28(38-2)19-17-27/h24-31H,3-9,12-23H2,1-2H3,(H,33,36)/t25?,26?,27?,28?,29-,30+,31+/m0/s1. The third kappa shape index (κ3) is 6.88. The van der Waals surface area contributed by atoms with E-state index in [9.17, 15) is 4.79 Å². The Morgan fingerprint density at radius 1 is 0.816 bits per heavy atom. The van der Waals surface area contributed by atoms with Gasteiger partial charge in [-0.15, -0.1) is 0 Å². The number of ether oxygens (including phenoxy) is 2. The van der Waals surface area contributed by atoms with Gasteiger partial charge in [0.2, 0.25) is 0 Å². The molecule has 3 saturated carbocycles. The van der Waals surface area contributed by atoms with Gasteiger partial charge in [-0.05, 0) is 95.4 Å². The maximum Gasteiger partial charge on any atom is 0.317 e. The Hall–Kier alpha value is -1.29. The summed E-state index contributed by atoms with van der Waals surface area (Å²) in [6, 6.07) is 1.43. The lowest BCUT2D eigenvalue weighted by molar-refractivity contribution is -0.128. The summed E-state index contributed by atoms with van der Waals surface area (Å²) in [5.41, 5.74) is 0. The SMILES string of the molecule is COC[C@@H]1[C@H](C2CCC(C#CC3CCCCC3)CC2)[C@@H]2CN(C(=O)NC3CCC(OC)CC3)CCCCN12. The van der Waals surface area contributed by atoms with E-state index in [1.54, 1.807) is 7.11 Å². The molecule has 5 aliphatic rings. The highest BCUT2D eigenvalue weighted by Crippen LogP contribution is 2.46. The van der Waals surface area contributed by atoms with Crippen LogP contribution in [0.1, 0.15) is 96.3 Å². The van der Waals surface area contributed by atoms with Gasteiger partial charge in [0.1, 0.15) is 0 Å². The molecule has 2 amide bonds. The number of hydrogen-bond acceptors (Lipinski definition) is 4. The van der Waals surface area contributed by atoms with E-state index in [1.807, 2.05) is 7.11 Å².